The molecule has 3 nitrogen and oxygen atoms in total. The number of carbonyl (C=O) groups is 1. The molecule has 2 rings (SSSR count). The van der Waals surface area contributed by atoms with Gasteiger partial charge in [0.05, 0.1) is 37.1 Å². The molecule has 0 fully saturated rings. The summed E-state index contributed by atoms with van der Waals surface area (Å²) in [7, 11) is 0. The van der Waals surface area contributed by atoms with Crippen molar-refractivity contribution in [1.82, 2.24) is 5.43 Å². The molecular formula is C15H9Cl5N2OS. The summed E-state index contributed by atoms with van der Waals surface area (Å²) in [4.78, 5) is 12.2. The van der Waals surface area contributed by atoms with Crippen molar-refractivity contribution in [3.8, 4) is 0 Å². The molecule has 0 spiro atoms. The monoisotopic (exact) mass is 440 g/mol. The number of halogens is 5. The molecule has 0 radical (unpaired) electrons. The summed E-state index contributed by atoms with van der Waals surface area (Å²) in [6.07, 6.45) is 1.54. The Hall–Kier alpha value is -0.620. The molecular weight excluding hydrogens is 434 g/mol. The number of rotatable bonds is 5. The van der Waals surface area contributed by atoms with Crippen LogP contribution in [0.3, 0.4) is 0 Å². The summed E-state index contributed by atoms with van der Waals surface area (Å²) < 4.78 is 0. The lowest BCUT2D eigenvalue weighted by Gasteiger charge is -2.11. The predicted octanol–water partition coefficient (Wildman–Crippen LogP) is 6.20. The van der Waals surface area contributed by atoms with Gasteiger partial charge in [-0.1, -0.05) is 88.3 Å². The maximum atomic E-state index is 11.8. The fourth-order valence-electron chi connectivity index (χ4n) is 1.60. The summed E-state index contributed by atoms with van der Waals surface area (Å²) in [5, 5.41) is 4.45. The van der Waals surface area contributed by atoms with Gasteiger partial charge in [-0.25, -0.2) is 5.43 Å². The highest BCUT2D eigenvalue weighted by Crippen LogP contribution is 2.47. The van der Waals surface area contributed by atoms with Gasteiger partial charge in [0, 0.05) is 4.90 Å². The molecule has 0 atom stereocenters. The fraction of sp³-hybridized carbons (Fsp3) is 0.0667. The third-order valence-electron chi connectivity index (χ3n) is 2.72. The number of hydrogen-bond donors (Lipinski definition) is 1. The standard InChI is InChI=1S/C15H9Cl5N2OS/c16-10-11(17)13(19)15(14(20)12(10)18)24-7-9(23)22-21-6-8-4-2-1-3-5-8/h1-6H,7H2,(H,22,23)/b21-6+. The van der Waals surface area contributed by atoms with E-state index >= 15 is 0 Å². The van der Waals surface area contributed by atoms with Crippen LogP contribution in [0, 0.1) is 0 Å². The second-order valence-corrected chi connectivity index (χ2v) is 7.27. The van der Waals surface area contributed by atoms with E-state index in [0.29, 0.717) is 4.90 Å². The molecule has 2 aromatic carbocycles. The predicted molar refractivity (Wildman–Crippen MR) is 104 cm³/mol. The van der Waals surface area contributed by atoms with E-state index in [4.69, 9.17) is 58.0 Å². The molecule has 0 unspecified atom stereocenters. The molecule has 0 aliphatic carbocycles. The molecule has 0 saturated heterocycles. The third-order valence-corrected chi connectivity index (χ3v) is 6.32. The molecule has 0 aromatic heterocycles. The Labute approximate surface area is 168 Å². The molecule has 1 amide bonds. The number of nitrogens with zero attached hydrogens (tertiary/aromatic N) is 1. The number of amides is 1. The first-order valence-electron chi connectivity index (χ1n) is 6.43. The van der Waals surface area contributed by atoms with E-state index in [1.165, 1.54) is 0 Å². The third kappa shape index (κ3) is 4.94. The number of thioether (sulfide) groups is 1. The number of hydrazone groups is 1. The van der Waals surface area contributed by atoms with Crippen LogP contribution in [-0.2, 0) is 4.79 Å². The highest BCUT2D eigenvalue weighted by Gasteiger charge is 2.20. The van der Waals surface area contributed by atoms with Gasteiger partial charge in [0.2, 0.25) is 5.91 Å². The maximum Gasteiger partial charge on any atom is 0.250 e. The zero-order valence-corrected chi connectivity index (χ0v) is 16.4. The largest absolute Gasteiger partial charge is 0.272 e. The van der Waals surface area contributed by atoms with Crippen molar-refractivity contribution in [3.63, 3.8) is 0 Å². The van der Waals surface area contributed by atoms with E-state index in [2.05, 4.69) is 10.5 Å². The van der Waals surface area contributed by atoms with Gasteiger partial charge in [-0.15, -0.1) is 11.8 Å². The van der Waals surface area contributed by atoms with Gasteiger partial charge >= 0.3 is 0 Å². The summed E-state index contributed by atoms with van der Waals surface area (Å²) in [6.45, 7) is 0. The number of hydrogen-bond acceptors (Lipinski definition) is 3. The van der Waals surface area contributed by atoms with Crippen molar-refractivity contribution < 1.29 is 4.79 Å². The smallest absolute Gasteiger partial charge is 0.250 e. The van der Waals surface area contributed by atoms with Crippen molar-refractivity contribution in [1.29, 1.82) is 0 Å². The first kappa shape index (κ1) is 19.7. The van der Waals surface area contributed by atoms with Gasteiger partial charge < -0.3 is 0 Å². The van der Waals surface area contributed by atoms with Crippen LogP contribution in [-0.4, -0.2) is 17.9 Å². The summed E-state index contributed by atoms with van der Waals surface area (Å²) >= 11 is 31.2. The normalized spacial score (nSPS) is 11.0. The Morgan fingerprint density at radius 3 is 2.08 bits per heavy atom. The average molecular weight is 443 g/mol. The lowest BCUT2D eigenvalue weighted by molar-refractivity contribution is -0.118. The van der Waals surface area contributed by atoms with E-state index in [1.807, 2.05) is 30.3 Å². The number of carbonyl (C=O) groups excluding carboxylic acids is 1. The van der Waals surface area contributed by atoms with Crippen LogP contribution < -0.4 is 5.43 Å². The number of benzene rings is 2. The van der Waals surface area contributed by atoms with Crippen LogP contribution in [0.15, 0.2) is 40.3 Å². The van der Waals surface area contributed by atoms with Crippen LogP contribution >= 0.6 is 69.8 Å². The van der Waals surface area contributed by atoms with Gasteiger partial charge in [-0.3, -0.25) is 4.79 Å². The molecule has 0 aliphatic rings. The molecule has 126 valence electrons. The van der Waals surface area contributed by atoms with Crippen LogP contribution in [0.5, 0.6) is 0 Å². The Morgan fingerprint density at radius 1 is 0.958 bits per heavy atom. The van der Waals surface area contributed by atoms with Crippen molar-refractivity contribution in [2.45, 2.75) is 4.90 Å². The van der Waals surface area contributed by atoms with Crippen molar-refractivity contribution in [2.24, 2.45) is 5.10 Å². The zero-order valence-electron chi connectivity index (χ0n) is 11.8. The average Bonchev–Trinajstić information content (AvgIpc) is 2.59. The van der Waals surface area contributed by atoms with Gasteiger partial charge in [-0.05, 0) is 5.56 Å². The molecule has 9 heteroatoms. The van der Waals surface area contributed by atoms with E-state index in [0.717, 1.165) is 17.3 Å². The Morgan fingerprint density at radius 2 is 1.50 bits per heavy atom. The molecule has 0 bridgehead atoms. The number of nitrogens with one attached hydrogen (secondary N) is 1. The second kappa shape index (κ2) is 9.18. The van der Waals surface area contributed by atoms with E-state index in [1.54, 1.807) is 6.21 Å². The summed E-state index contributed by atoms with van der Waals surface area (Å²) in [6, 6.07) is 9.36. The van der Waals surface area contributed by atoms with Crippen molar-refractivity contribution in [2.75, 3.05) is 5.75 Å². The minimum absolute atomic E-state index is 0.0276. The Kier molecular flexibility index (Phi) is 7.54. The SMILES string of the molecule is O=C(CSc1c(Cl)c(Cl)c(Cl)c(Cl)c1Cl)N/N=C/c1ccccc1. The molecule has 1 N–H and O–H groups in total. The van der Waals surface area contributed by atoms with Gasteiger partial charge in [-0.2, -0.15) is 5.10 Å². The van der Waals surface area contributed by atoms with E-state index < -0.39 is 0 Å². The van der Waals surface area contributed by atoms with Crippen LogP contribution in [0.25, 0.3) is 0 Å². The zero-order chi connectivity index (χ0) is 17.7. The Bertz CT molecular complexity index is 754. The fourth-order valence-corrected chi connectivity index (χ4v) is 3.97. The highest BCUT2D eigenvalue weighted by atomic mass is 35.5. The minimum atomic E-state index is -0.332. The first-order valence-corrected chi connectivity index (χ1v) is 9.30. The minimum Gasteiger partial charge on any atom is -0.272 e. The quantitative estimate of drug-likeness (QED) is 0.197. The second-order valence-electron chi connectivity index (χ2n) is 4.39. The summed E-state index contributed by atoms with van der Waals surface area (Å²) in [5.41, 5.74) is 3.28. The summed E-state index contributed by atoms with van der Waals surface area (Å²) in [5.74, 6) is -0.304. The van der Waals surface area contributed by atoms with Gasteiger partial charge in [0.15, 0.2) is 0 Å². The molecule has 0 aliphatic heterocycles. The lowest BCUT2D eigenvalue weighted by Crippen LogP contribution is -2.19. The van der Waals surface area contributed by atoms with Crippen LogP contribution in [0.1, 0.15) is 5.56 Å². The topological polar surface area (TPSA) is 41.5 Å². The Balaban J connectivity index is 1.99. The molecule has 0 saturated carbocycles. The van der Waals surface area contributed by atoms with Crippen LogP contribution in [0.2, 0.25) is 25.1 Å². The molecule has 0 heterocycles. The van der Waals surface area contributed by atoms with Crippen molar-refractivity contribution in [3.05, 3.63) is 61.0 Å². The van der Waals surface area contributed by atoms with E-state index in [9.17, 15) is 4.79 Å². The molecule has 2 aromatic rings. The van der Waals surface area contributed by atoms with Gasteiger partial charge in [0.25, 0.3) is 0 Å². The first-order chi connectivity index (χ1) is 11.4. The maximum absolute atomic E-state index is 11.8. The van der Waals surface area contributed by atoms with Crippen molar-refractivity contribution >= 4 is 81.9 Å². The van der Waals surface area contributed by atoms with Gasteiger partial charge in [0.1, 0.15) is 0 Å². The van der Waals surface area contributed by atoms with E-state index in [-0.39, 0.29) is 36.8 Å². The van der Waals surface area contributed by atoms with Crippen LogP contribution in [0.4, 0.5) is 0 Å². The lowest BCUT2D eigenvalue weighted by atomic mass is 10.2. The highest BCUT2D eigenvalue weighted by molar-refractivity contribution is 8.00. The molecule has 24 heavy (non-hydrogen) atoms.